The van der Waals surface area contributed by atoms with E-state index in [0.717, 1.165) is 25.9 Å². The second-order valence-electron chi connectivity index (χ2n) is 7.26. The molecule has 0 bridgehead atoms. The Labute approximate surface area is 166 Å². The first-order chi connectivity index (χ1) is 13.4. The number of hydrogen-bond donors (Lipinski definition) is 1. The molecule has 1 aromatic carbocycles. The van der Waals surface area contributed by atoms with E-state index < -0.39 is 0 Å². The van der Waals surface area contributed by atoms with Gasteiger partial charge < -0.3 is 5.32 Å². The Morgan fingerprint density at radius 1 is 1.21 bits per heavy atom. The maximum Gasteiger partial charge on any atom is 0.276 e. The second-order valence-corrected chi connectivity index (χ2v) is 7.26. The quantitative estimate of drug-likeness (QED) is 0.829. The third-order valence-electron chi connectivity index (χ3n) is 5.17. The average molecular weight is 383 g/mol. The zero-order valence-electron chi connectivity index (χ0n) is 17.3. The van der Waals surface area contributed by atoms with Crippen LogP contribution in [0.25, 0.3) is 0 Å². The molecule has 1 aromatic heterocycles. The van der Waals surface area contributed by atoms with Crippen molar-refractivity contribution in [2.45, 2.75) is 46.6 Å². The van der Waals surface area contributed by atoms with Gasteiger partial charge in [-0.2, -0.15) is 5.10 Å². The number of para-hydroxylation sites is 2. The lowest BCUT2D eigenvalue weighted by Crippen LogP contribution is -2.46. The number of benzene rings is 1. The Morgan fingerprint density at radius 3 is 2.50 bits per heavy atom. The van der Waals surface area contributed by atoms with Crippen LogP contribution in [-0.4, -0.2) is 45.6 Å². The van der Waals surface area contributed by atoms with Crippen LogP contribution in [0.4, 0.5) is 17.1 Å². The fourth-order valence-corrected chi connectivity index (χ4v) is 3.89. The van der Waals surface area contributed by atoms with E-state index in [1.807, 2.05) is 38.1 Å². The van der Waals surface area contributed by atoms with Crippen LogP contribution in [0.1, 0.15) is 49.8 Å². The van der Waals surface area contributed by atoms with E-state index in [1.165, 1.54) is 0 Å². The van der Waals surface area contributed by atoms with E-state index in [9.17, 15) is 9.59 Å². The number of nitrogens with one attached hydrogen (secondary N) is 1. The van der Waals surface area contributed by atoms with Crippen molar-refractivity contribution in [3.05, 3.63) is 35.7 Å². The van der Waals surface area contributed by atoms with Gasteiger partial charge in [0.2, 0.25) is 5.91 Å². The molecule has 0 saturated heterocycles. The van der Waals surface area contributed by atoms with Crippen LogP contribution in [0.5, 0.6) is 0 Å². The molecule has 7 heteroatoms. The minimum Gasteiger partial charge on any atom is -0.319 e. The summed E-state index contributed by atoms with van der Waals surface area (Å²) in [6, 6.07) is 7.11. The highest BCUT2D eigenvalue weighted by atomic mass is 16.2. The summed E-state index contributed by atoms with van der Waals surface area (Å²) in [4.78, 5) is 30.5. The van der Waals surface area contributed by atoms with Crippen molar-refractivity contribution in [1.29, 1.82) is 0 Å². The van der Waals surface area contributed by atoms with Crippen molar-refractivity contribution in [1.82, 2.24) is 14.7 Å². The predicted octanol–water partition coefficient (Wildman–Crippen LogP) is 3.47. The summed E-state index contributed by atoms with van der Waals surface area (Å²) >= 11 is 0. The van der Waals surface area contributed by atoms with Crippen LogP contribution < -0.4 is 10.2 Å². The lowest BCUT2D eigenvalue weighted by atomic mass is 10.1. The number of amides is 2. The van der Waals surface area contributed by atoms with Gasteiger partial charge in [-0.1, -0.05) is 26.0 Å². The number of hydrogen-bond acceptors (Lipinski definition) is 4. The standard InChI is InChI=1S/C21H29N5O2/c1-6-12-25(13-7-2)15(4)21(28)26-17-11-9-8-10-16(17)22-20(27)19-18(26)14(3)23-24(19)5/h8-11,15H,6-7,12-13H2,1-5H3,(H,22,27). The van der Waals surface area contributed by atoms with E-state index in [0.29, 0.717) is 28.5 Å². The number of carbonyl (C=O) groups is 2. The van der Waals surface area contributed by atoms with Gasteiger partial charge in [0.25, 0.3) is 5.91 Å². The van der Waals surface area contributed by atoms with Gasteiger partial charge in [-0.15, -0.1) is 0 Å². The Morgan fingerprint density at radius 2 is 1.86 bits per heavy atom. The molecule has 0 radical (unpaired) electrons. The number of aryl methyl sites for hydroxylation is 2. The van der Waals surface area contributed by atoms with E-state index in [2.05, 4.69) is 29.2 Å². The fourth-order valence-electron chi connectivity index (χ4n) is 3.89. The van der Waals surface area contributed by atoms with E-state index in [-0.39, 0.29) is 17.9 Å². The fraction of sp³-hybridized carbons (Fsp3) is 0.476. The van der Waals surface area contributed by atoms with Gasteiger partial charge in [0, 0.05) is 7.05 Å². The summed E-state index contributed by atoms with van der Waals surface area (Å²) in [7, 11) is 1.73. The molecule has 1 aliphatic heterocycles. The average Bonchev–Trinajstić information content (AvgIpc) is 2.88. The number of aromatic nitrogens is 2. The molecule has 7 nitrogen and oxygen atoms in total. The van der Waals surface area contributed by atoms with Gasteiger partial charge in [0.15, 0.2) is 5.69 Å². The first-order valence-corrected chi connectivity index (χ1v) is 9.92. The molecule has 2 amide bonds. The third-order valence-corrected chi connectivity index (χ3v) is 5.17. The minimum absolute atomic E-state index is 0.0526. The molecule has 28 heavy (non-hydrogen) atoms. The molecule has 0 aliphatic carbocycles. The van der Waals surface area contributed by atoms with E-state index >= 15 is 0 Å². The van der Waals surface area contributed by atoms with Crippen molar-refractivity contribution >= 4 is 28.9 Å². The first-order valence-electron chi connectivity index (χ1n) is 9.92. The van der Waals surface area contributed by atoms with Crippen molar-refractivity contribution < 1.29 is 9.59 Å². The normalized spacial score (nSPS) is 14.4. The molecule has 0 fully saturated rings. The molecule has 0 spiro atoms. The Kier molecular flexibility index (Phi) is 5.84. The lowest BCUT2D eigenvalue weighted by molar-refractivity contribution is -0.122. The van der Waals surface area contributed by atoms with Crippen LogP contribution in [0.15, 0.2) is 24.3 Å². The monoisotopic (exact) mass is 383 g/mol. The van der Waals surface area contributed by atoms with Crippen LogP contribution in [-0.2, 0) is 11.8 Å². The first kappa shape index (κ1) is 20.1. The summed E-state index contributed by atoms with van der Waals surface area (Å²) < 4.78 is 1.55. The third kappa shape index (κ3) is 3.42. The number of carbonyl (C=O) groups excluding carboxylic acids is 2. The van der Waals surface area contributed by atoms with Crippen molar-refractivity contribution in [2.24, 2.45) is 7.05 Å². The van der Waals surface area contributed by atoms with Gasteiger partial charge in [0.05, 0.1) is 23.1 Å². The number of fused-ring (bicyclic) bond motifs is 2. The second kappa shape index (κ2) is 8.14. The maximum atomic E-state index is 13.7. The Balaban J connectivity index is 2.15. The van der Waals surface area contributed by atoms with Crippen LogP contribution in [0.2, 0.25) is 0 Å². The van der Waals surface area contributed by atoms with Crippen LogP contribution >= 0.6 is 0 Å². The van der Waals surface area contributed by atoms with Gasteiger partial charge in [-0.05, 0) is 51.9 Å². The summed E-state index contributed by atoms with van der Waals surface area (Å²) in [6.07, 6.45) is 1.96. The smallest absolute Gasteiger partial charge is 0.276 e. The highest BCUT2D eigenvalue weighted by Gasteiger charge is 2.37. The van der Waals surface area contributed by atoms with Crippen LogP contribution in [0, 0.1) is 6.92 Å². The van der Waals surface area contributed by atoms with Crippen LogP contribution in [0.3, 0.4) is 0 Å². The predicted molar refractivity (Wildman–Crippen MR) is 111 cm³/mol. The number of rotatable bonds is 6. The maximum absolute atomic E-state index is 13.7. The lowest BCUT2D eigenvalue weighted by Gasteiger charge is -2.32. The number of nitrogens with zero attached hydrogens (tertiary/aromatic N) is 4. The summed E-state index contributed by atoms with van der Waals surface area (Å²) in [6.45, 7) is 9.72. The van der Waals surface area contributed by atoms with Gasteiger partial charge in [-0.25, -0.2) is 0 Å². The van der Waals surface area contributed by atoms with Crippen molar-refractivity contribution in [3.8, 4) is 0 Å². The molecule has 3 rings (SSSR count). The molecule has 1 aliphatic rings. The minimum atomic E-state index is -0.311. The SMILES string of the molecule is CCCN(CCC)C(C)C(=O)N1c2ccccc2NC(=O)c2c1c(C)nn2C. The summed E-state index contributed by atoms with van der Waals surface area (Å²) in [5, 5.41) is 7.34. The van der Waals surface area contributed by atoms with Gasteiger partial charge >= 0.3 is 0 Å². The highest BCUT2D eigenvalue weighted by Crippen LogP contribution is 2.40. The number of anilines is 3. The van der Waals surface area contributed by atoms with Gasteiger partial charge in [-0.3, -0.25) is 24.1 Å². The summed E-state index contributed by atoms with van der Waals surface area (Å²) in [5.41, 5.74) is 2.92. The molecular weight excluding hydrogens is 354 g/mol. The zero-order chi connectivity index (χ0) is 20.4. The zero-order valence-corrected chi connectivity index (χ0v) is 17.3. The molecule has 1 atom stereocenters. The highest BCUT2D eigenvalue weighted by molar-refractivity contribution is 6.18. The topological polar surface area (TPSA) is 70.5 Å². The molecule has 2 heterocycles. The molecule has 150 valence electrons. The molecule has 0 saturated carbocycles. The van der Waals surface area contributed by atoms with Gasteiger partial charge in [0.1, 0.15) is 5.69 Å². The molecule has 2 aromatic rings. The molecule has 1 unspecified atom stereocenters. The van der Waals surface area contributed by atoms with E-state index in [1.54, 1.807) is 16.6 Å². The molecular formula is C21H29N5O2. The Bertz CT molecular complexity index is 883. The molecule has 1 N–H and O–H groups in total. The summed E-state index contributed by atoms with van der Waals surface area (Å²) in [5.74, 6) is -0.310. The van der Waals surface area contributed by atoms with E-state index in [4.69, 9.17) is 0 Å². The van der Waals surface area contributed by atoms with Crippen molar-refractivity contribution in [2.75, 3.05) is 23.3 Å². The largest absolute Gasteiger partial charge is 0.319 e. The Hall–Kier alpha value is -2.67. The van der Waals surface area contributed by atoms with Crippen molar-refractivity contribution in [3.63, 3.8) is 0 Å².